The third-order valence-electron chi connectivity index (χ3n) is 5.00. The monoisotopic (exact) mass is 282 g/mol. The molecular weight excluding hydrogens is 260 g/mol. The van der Waals surface area contributed by atoms with Gasteiger partial charge in [-0.25, -0.2) is 0 Å². The fourth-order valence-corrected chi connectivity index (χ4v) is 3.81. The maximum Gasteiger partial charge on any atom is 0.125 e. The second-order valence-corrected chi connectivity index (χ2v) is 6.27. The van der Waals surface area contributed by atoms with Crippen molar-refractivity contribution in [2.24, 2.45) is 5.92 Å². The number of piperidine rings is 3. The van der Waals surface area contributed by atoms with Crippen LogP contribution in [0.25, 0.3) is 0 Å². The molecule has 3 fully saturated rings. The van der Waals surface area contributed by atoms with Gasteiger partial charge in [-0.05, 0) is 49.5 Å². The zero-order chi connectivity index (χ0) is 14.1. The summed E-state index contributed by atoms with van der Waals surface area (Å²) in [4.78, 5) is 2.59. The summed E-state index contributed by atoms with van der Waals surface area (Å²) >= 11 is 0. The van der Waals surface area contributed by atoms with Gasteiger partial charge in [-0.3, -0.25) is 5.32 Å². The van der Waals surface area contributed by atoms with E-state index >= 15 is 0 Å². The van der Waals surface area contributed by atoms with Crippen molar-refractivity contribution < 1.29 is 4.42 Å². The van der Waals surface area contributed by atoms with E-state index < -0.39 is 0 Å². The Hall–Kier alpha value is -1.58. The molecule has 1 aromatic carbocycles. The zero-order valence-corrected chi connectivity index (χ0v) is 12.2. The van der Waals surface area contributed by atoms with E-state index in [1.54, 1.807) is 6.26 Å². The summed E-state index contributed by atoms with van der Waals surface area (Å²) in [5.74, 6) is 1.83. The Kier molecular flexibility index (Phi) is 3.53. The van der Waals surface area contributed by atoms with Gasteiger partial charge in [-0.2, -0.15) is 0 Å². The Labute approximate surface area is 126 Å². The average molecular weight is 282 g/mol. The molecule has 3 aliphatic rings. The van der Waals surface area contributed by atoms with E-state index in [0.29, 0.717) is 6.04 Å². The van der Waals surface area contributed by atoms with Gasteiger partial charge in [0.05, 0.1) is 12.3 Å². The first-order valence-electron chi connectivity index (χ1n) is 7.97. The second-order valence-electron chi connectivity index (χ2n) is 6.27. The van der Waals surface area contributed by atoms with Crippen LogP contribution in [0.5, 0.6) is 0 Å². The minimum Gasteiger partial charge on any atom is -0.467 e. The highest BCUT2D eigenvalue weighted by molar-refractivity contribution is 5.26. The minimum absolute atomic E-state index is 0.159. The van der Waals surface area contributed by atoms with Crippen LogP contribution < -0.4 is 5.32 Å². The molecule has 110 valence electrons. The lowest BCUT2D eigenvalue weighted by Gasteiger charge is -2.46. The molecule has 1 N–H and O–H groups in total. The summed E-state index contributed by atoms with van der Waals surface area (Å²) in [7, 11) is 0. The lowest BCUT2D eigenvalue weighted by Crippen LogP contribution is -2.56. The first-order chi connectivity index (χ1) is 10.4. The highest BCUT2D eigenvalue weighted by atomic mass is 16.3. The highest BCUT2D eigenvalue weighted by Gasteiger charge is 2.35. The fraction of sp³-hybridized carbons (Fsp3) is 0.444. The van der Waals surface area contributed by atoms with E-state index in [-0.39, 0.29) is 6.04 Å². The van der Waals surface area contributed by atoms with E-state index in [9.17, 15) is 0 Å². The topological polar surface area (TPSA) is 28.4 Å². The van der Waals surface area contributed by atoms with Crippen LogP contribution in [-0.2, 0) is 0 Å². The summed E-state index contributed by atoms with van der Waals surface area (Å²) in [5.41, 5.74) is 1.28. The van der Waals surface area contributed by atoms with Crippen LogP contribution in [0.2, 0.25) is 0 Å². The molecule has 2 bridgehead atoms. The summed E-state index contributed by atoms with van der Waals surface area (Å²) in [6.45, 7) is 3.73. The molecule has 3 heteroatoms. The Morgan fingerprint density at radius 1 is 1.05 bits per heavy atom. The van der Waals surface area contributed by atoms with Crippen LogP contribution in [0, 0.1) is 5.92 Å². The molecule has 21 heavy (non-hydrogen) atoms. The first-order valence-corrected chi connectivity index (χ1v) is 7.97. The number of benzene rings is 1. The molecule has 0 aliphatic carbocycles. The van der Waals surface area contributed by atoms with Crippen LogP contribution in [0.4, 0.5) is 0 Å². The summed E-state index contributed by atoms with van der Waals surface area (Å²) in [6.07, 6.45) is 4.43. The van der Waals surface area contributed by atoms with Gasteiger partial charge >= 0.3 is 0 Å². The number of hydrogen-bond acceptors (Lipinski definition) is 3. The fourth-order valence-electron chi connectivity index (χ4n) is 3.81. The Morgan fingerprint density at radius 3 is 2.48 bits per heavy atom. The number of rotatable bonds is 4. The molecule has 3 nitrogen and oxygen atoms in total. The van der Waals surface area contributed by atoms with Gasteiger partial charge in [0.15, 0.2) is 0 Å². The molecule has 0 radical (unpaired) electrons. The van der Waals surface area contributed by atoms with Crippen molar-refractivity contribution >= 4 is 0 Å². The van der Waals surface area contributed by atoms with Crippen molar-refractivity contribution in [3.05, 3.63) is 60.1 Å². The lowest BCUT2D eigenvalue weighted by molar-refractivity contribution is 0.0679. The third-order valence-corrected chi connectivity index (χ3v) is 5.00. The van der Waals surface area contributed by atoms with Crippen molar-refractivity contribution in [1.29, 1.82) is 0 Å². The van der Waals surface area contributed by atoms with E-state index in [1.807, 2.05) is 6.07 Å². The van der Waals surface area contributed by atoms with Crippen molar-refractivity contribution in [1.82, 2.24) is 10.2 Å². The van der Waals surface area contributed by atoms with Crippen LogP contribution in [0.15, 0.2) is 53.1 Å². The molecule has 3 aliphatic heterocycles. The molecule has 2 aromatic rings. The molecule has 0 saturated carbocycles. The molecule has 0 spiro atoms. The molecule has 2 atom stereocenters. The molecule has 3 saturated heterocycles. The number of hydrogen-bond donors (Lipinski definition) is 1. The number of furan rings is 1. The Morgan fingerprint density at radius 2 is 1.86 bits per heavy atom. The van der Waals surface area contributed by atoms with Gasteiger partial charge in [0.1, 0.15) is 5.76 Å². The molecule has 1 aromatic heterocycles. The smallest absolute Gasteiger partial charge is 0.125 e. The van der Waals surface area contributed by atoms with Crippen molar-refractivity contribution in [3.8, 4) is 0 Å². The normalized spacial score (nSPS) is 29.4. The van der Waals surface area contributed by atoms with Crippen molar-refractivity contribution in [2.75, 3.05) is 19.6 Å². The van der Waals surface area contributed by atoms with Crippen LogP contribution >= 0.6 is 0 Å². The van der Waals surface area contributed by atoms with Crippen LogP contribution in [-0.4, -0.2) is 30.6 Å². The molecule has 0 amide bonds. The minimum atomic E-state index is 0.159. The van der Waals surface area contributed by atoms with E-state index in [1.165, 1.54) is 38.0 Å². The SMILES string of the molecule is c1ccc(C(NC2CN3CCC2CC3)c2ccco2)cc1. The van der Waals surface area contributed by atoms with Crippen molar-refractivity contribution in [3.63, 3.8) is 0 Å². The third kappa shape index (κ3) is 2.63. The number of nitrogens with zero attached hydrogens (tertiary/aromatic N) is 1. The average Bonchev–Trinajstić information content (AvgIpc) is 3.09. The highest BCUT2D eigenvalue weighted by Crippen LogP contribution is 2.31. The summed E-state index contributed by atoms with van der Waals surface area (Å²) < 4.78 is 5.70. The molecule has 4 heterocycles. The molecular formula is C18H22N2O. The van der Waals surface area contributed by atoms with Crippen LogP contribution in [0.1, 0.15) is 30.2 Å². The van der Waals surface area contributed by atoms with Gasteiger partial charge in [0, 0.05) is 12.6 Å². The van der Waals surface area contributed by atoms with Gasteiger partial charge in [0.25, 0.3) is 0 Å². The van der Waals surface area contributed by atoms with Gasteiger partial charge in [0.2, 0.25) is 0 Å². The Bertz CT molecular complexity index is 558. The number of fused-ring (bicyclic) bond motifs is 3. The quantitative estimate of drug-likeness (QED) is 0.934. The largest absolute Gasteiger partial charge is 0.467 e. The van der Waals surface area contributed by atoms with Gasteiger partial charge in [-0.1, -0.05) is 30.3 Å². The second kappa shape index (κ2) is 5.66. The van der Waals surface area contributed by atoms with E-state index in [4.69, 9.17) is 4.42 Å². The first kappa shape index (κ1) is 13.1. The predicted molar refractivity (Wildman–Crippen MR) is 83.1 cm³/mol. The molecule has 2 unspecified atom stereocenters. The summed E-state index contributed by atoms with van der Waals surface area (Å²) in [5, 5.41) is 3.87. The molecule has 5 rings (SSSR count). The number of nitrogens with one attached hydrogen (secondary N) is 1. The maximum atomic E-state index is 5.70. The van der Waals surface area contributed by atoms with Gasteiger partial charge in [-0.15, -0.1) is 0 Å². The Balaban J connectivity index is 1.59. The zero-order valence-electron chi connectivity index (χ0n) is 12.2. The summed E-state index contributed by atoms with van der Waals surface area (Å²) in [6, 6.07) is 15.4. The van der Waals surface area contributed by atoms with Gasteiger partial charge < -0.3 is 9.32 Å². The van der Waals surface area contributed by atoms with Crippen molar-refractivity contribution in [2.45, 2.75) is 24.9 Å². The van der Waals surface area contributed by atoms with Crippen LogP contribution in [0.3, 0.4) is 0 Å². The standard InChI is InChI=1S/C18H22N2O/c1-2-5-15(6-3-1)18(17-7-4-12-21-17)19-16-13-20-10-8-14(16)9-11-20/h1-7,12,14,16,18-19H,8-11,13H2. The predicted octanol–water partition coefficient (Wildman–Crippen LogP) is 3.05. The lowest BCUT2D eigenvalue weighted by atomic mass is 9.83. The van der Waals surface area contributed by atoms with E-state index in [2.05, 4.69) is 46.6 Å². The maximum absolute atomic E-state index is 5.70. The van der Waals surface area contributed by atoms with E-state index in [0.717, 1.165) is 11.7 Å².